The monoisotopic (exact) mass is 501 g/mol. The Balaban J connectivity index is 1.41. The third kappa shape index (κ3) is 5.20. The Hall–Kier alpha value is -3.47. The minimum Gasteiger partial charge on any atom is -0.393 e. The highest BCUT2D eigenvalue weighted by Crippen LogP contribution is 2.38. The maximum atomic E-state index is 13.4. The molecule has 4 heterocycles. The summed E-state index contributed by atoms with van der Waals surface area (Å²) < 4.78 is 44.8. The van der Waals surface area contributed by atoms with Crippen LogP contribution >= 0.6 is 0 Å². The number of carbonyl (C=O) groups is 1. The first-order valence-corrected chi connectivity index (χ1v) is 11.9. The molecule has 2 aliphatic rings. The van der Waals surface area contributed by atoms with Gasteiger partial charge in [-0.15, -0.1) is 0 Å². The molecule has 0 aliphatic carbocycles. The number of amides is 2. The van der Waals surface area contributed by atoms with Gasteiger partial charge in [-0.25, -0.2) is 4.79 Å². The van der Waals surface area contributed by atoms with Gasteiger partial charge in [-0.3, -0.25) is 4.98 Å². The maximum Gasteiger partial charge on any atom is 0.416 e. The van der Waals surface area contributed by atoms with Gasteiger partial charge in [0.05, 0.1) is 17.6 Å². The molecule has 11 heteroatoms. The number of likely N-dealkylation sites (tertiary alicyclic amines) is 2. The van der Waals surface area contributed by atoms with Crippen molar-refractivity contribution in [3.05, 3.63) is 65.8 Å². The smallest absolute Gasteiger partial charge is 0.393 e. The Labute approximate surface area is 205 Å². The summed E-state index contributed by atoms with van der Waals surface area (Å²) in [5, 5.41) is 13.9. The summed E-state index contributed by atoms with van der Waals surface area (Å²) in [5.74, 6) is 0.261. The zero-order chi connectivity index (χ0) is 25.3. The van der Waals surface area contributed by atoms with Crippen molar-refractivity contribution in [2.45, 2.75) is 43.4 Å². The van der Waals surface area contributed by atoms with E-state index in [1.807, 2.05) is 6.07 Å². The van der Waals surface area contributed by atoms with Crippen LogP contribution in [-0.2, 0) is 6.18 Å². The number of rotatable bonds is 3. The van der Waals surface area contributed by atoms with Gasteiger partial charge >= 0.3 is 12.2 Å². The Kier molecular flexibility index (Phi) is 6.65. The molecule has 1 aromatic carbocycles. The van der Waals surface area contributed by atoms with Crippen LogP contribution in [0.2, 0.25) is 0 Å². The number of nitrogens with zero attached hydrogens (tertiary/aromatic N) is 5. The zero-order valence-electron chi connectivity index (χ0n) is 19.4. The summed E-state index contributed by atoms with van der Waals surface area (Å²) in [6.07, 6.45) is 0.0216. The van der Waals surface area contributed by atoms with Crippen LogP contribution in [0.15, 0.2) is 53.3 Å². The highest BCUT2D eigenvalue weighted by molar-refractivity contribution is 5.75. The molecule has 190 valence electrons. The summed E-state index contributed by atoms with van der Waals surface area (Å²) in [6, 6.07) is 8.52. The second-order valence-corrected chi connectivity index (χ2v) is 9.35. The van der Waals surface area contributed by atoms with Crippen LogP contribution in [0, 0.1) is 0 Å². The van der Waals surface area contributed by atoms with Crippen molar-refractivity contribution in [2.75, 3.05) is 26.2 Å². The van der Waals surface area contributed by atoms with Crippen LogP contribution in [0.4, 0.5) is 18.0 Å². The lowest BCUT2D eigenvalue weighted by atomic mass is 9.84. The Morgan fingerprint density at radius 3 is 2.42 bits per heavy atom. The van der Waals surface area contributed by atoms with Crippen LogP contribution in [0.25, 0.3) is 11.4 Å². The number of hydrogen-bond acceptors (Lipinski definition) is 6. The number of aliphatic hydroxyl groups is 1. The van der Waals surface area contributed by atoms with Gasteiger partial charge in [-0.2, -0.15) is 18.2 Å². The fraction of sp³-hybridized carbons (Fsp3) is 0.440. The molecule has 2 aliphatic heterocycles. The van der Waals surface area contributed by atoms with E-state index in [-0.39, 0.29) is 17.9 Å². The van der Waals surface area contributed by atoms with Crippen LogP contribution in [0.5, 0.6) is 0 Å². The molecule has 3 aromatic rings. The Morgan fingerprint density at radius 2 is 1.75 bits per heavy atom. The molecule has 2 unspecified atom stereocenters. The maximum absolute atomic E-state index is 13.4. The van der Waals surface area contributed by atoms with E-state index < -0.39 is 17.8 Å². The highest BCUT2D eigenvalue weighted by atomic mass is 19.4. The molecule has 8 nitrogen and oxygen atoms in total. The fourth-order valence-corrected chi connectivity index (χ4v) is 4.89. The molecule has 1 N–H and O–H groups in total. The van der Waals surface area contributed by atoms with E-state index in [4.69, 9.17) is 4.52 Å². The average Bonchev–Trinajstić information content (AvgIpc) is 3.39. The van der Waals surface area contributed by atoms with E-state index in [9.17, 15) is 23.1 Å². The molecule has 0 bridgehead atoms. The van der Waals surface area contributed by atoms with E-state index in [1.165, 1.54) is 12.1 Å². The molecule has 36 heavy (non-hydrogen) atoms. The lowest BCUT2D eigenvalue weighted by Gasteiger charge is -2.40. The number of hydrogen-bond donors (Lipinski definition) is 1. The SMILES string of the molecule is O=C(N1CCC(O)CC1)N1CC(c2ccc(C(F)(F)F)cc2)CC(c2nc(-c3cccnc3)no2)C1. The number of carbonyl (C=O) groups excluding carboxylic acids is 1. The van der Waals surface area contributed by atoms with Crippen molar-refractivity contribution < 1.29 is 27.6 Å². The van der Waals surface area contributed by atoms with Crippen molar-refractivity contribution in [3.8, 4) is 11.4 Å². The van der Waals surface area contributed by atoms with Crippen molar-refractivity contribution in [1.29, 1.82) is 0 Å². The molecule has 2 saturated heterocycles. The van der Waals surface area contributed by atoms with Crippen LogP contribution in [0.3, 0.4) is 0 Å². The van der Waals surface area contributed by atoms with Gasteiger partial charge < -0.3 is 19.4 Å². The van der Waals surface area contributed by atoms with Crippen molar-refractivity contribution in [3.63, 3.8) is 0 Å². The van der Waals surface area contributed by atoms with Crippen molar-refractivity contribution >= 4 is 6.03 Å². The van der Waals surface area contributed by atoms with Gasteiger partial charge in [0.1, 0.15) is 0 Å². The van der Waals surface area contributed by atoms with Crippen LogP contribution < -0.4 is 0 Å². The predicted molar refractivity (Wildman–Crippen MR) is 123 cm³/mol. The lowest BCUT2D eigenvalue weighted by Crippen LogP contribution is -2.51. The van der Waals surface area contributed by atoms with Crippen molar-refractivity contribution in [2.24, 2.45) is 0 Å². The average molecular weight is 502 g/mol. The topological polar surface area (TPSA) is 95.6 Å². The van der Waals surface area contributed by atoms with Gasteiger partial charge in [0.2, 0.25) is 11.7 Å². The first kappa shape index (κ1) is 24.2. The van der Waals surface area contributed by atoms with E-state index in [1.54, 1.807) is 28.3 Å². The highest BCUT2D eigenvalue weighted by Gasteiger charge is 2.37. The second-order valence-electron chi connectivity index (χ2n) is 9.35. The largest absolute Gasteiger partial charge is 0.416 e. The Bertz CT molecular complexity index is 1180. The first-order chi connectivity index (χ1) is 17.3. The molecule has 2 aromatic heterocycles. The molecule has 5 rings (SSSR count). The summed E-state index contributed by atoms with van der Waals surface area (Å²) >= 11 is 0. The fourth-order valence-electron chi connectivity index (χ4n) is 4.89. The van der Waals surface area contributed by atoms with E-state index in [0.717, 1.165) is 12.1 Å². The number of aliphatic hydroxyl groups excluding tert-OH is 1. The number of aromatic nitrogens is 3. The summed E-state index contributed by atoms with van der Waals surface area (Å²) in [5.41, 5.74) is 0.699. The minimum absolute atomic E-state index is 0.157. The first-order valence-electron chi connectivity index (χ1n) is 11.9. The number of pyridine rings is 1. The number of alkyl halides is 3. The summed E-state index contributed by atoms with van der Waals surface area (Å²) in [7, 11) is 0. The number of benzene rings is 1. The van der Waals surface area contributed by atoms with Gasteiger partial charge in [0, 0.05) is 50.1 Å². The molecule has 2 amide bonds. The number of urea groups is 1. The number of piperidine rings is 2. The number of halogens is 3. The van der Waals surface area contributed by atoms with Gasteiger partial charge in [0.15, 0.2) is 0 Å². The van der Waals surface area contributed by atoms with Crippen LogP contribution in [-0.4, -0.2) is 68.3 Å². The van der Waals surface area contributed by atoms with E-state index >= 15 is 0 Å². The van der Waals surface area contributed by atoms with Crippen molar-refractivity contribution in [1.82, 2.24) is 24.9 Å². The second kappa shape index (κ2) is 9.88. The van der Waals surface area contributed by atoms with Gasteiger partial charge in [-0.1, -0.05) is 17.3 Å². The molecule has 0 spiro atoms. The summed E-state index contributed by atoms with van der Waals surface area (Å²) in [6.45, 7) is 1.63. The Morgan fingerprint density at radius 1 is 1.03 bits per heavy atom. The lowest BCUT2D eigenvalue weighted by molar-refractivity contribution is -0.137. The normalized spacial score (nSPS) is 21.6. The van der Waals surface area contributed by atoms with Gasteiger partial charge in [-0.05, 0) is 49.1 Å². The third-order valence-corrected chi connectivity index (χ3v) is 6.88. The molecular weight excluding hydrogens is 475 g/mol. The summed E-state index contributed by atoms with van der Waals surface area (Å²) in [4.78, 5) is 25.4. The molecule has 2 atom stereocenters. The molecule has 2 fully saturated rings. The molecular formula is C25H26F3N5O3. The predicted octanol–water partition coefficient (Wildman–Crippen LogP) is 4.30. The standard InChI is InChI=1S/C25H26F3N5O3/c26-25(27,28)20-5-3-16(4-6-20)18-12-19(23-30-22(31-36-23)17-2-1-9-29-13-17)15-33(14-18)24(35)32-10-7-21(34)8-11-32/h1-6,9,13,18-19,21,34H,7-8,10-12,14-15H2. The minimum atomic E-state index is -4.42. The molecule has 0 radical (unpaired) electrons. The van der Waals surface area contributed by atoms with E-state index in [0.29, 0.717) is 68.3 Å². The van der Waals surface area contributed by atoms with E-state index in [2.05, 4.69) is 15.1 Å². The third-order valence-electron chi connectivity index (χ3n) is 6.88. The zero-order valence-corrected chi connectivity index (χ0v) is 19.4. The molecule has 0 saturated carbocycles. The van der Waals surface area contributed by atoms with Crippen LogP contribution in [0.1, 0.15) is 48.1 Å². The quantitative estimate of drug-likeness (QED) is 0.575. The van der Waals surface area contributed by atoms with Gasteiger partial charge in [0.25, 0.3) is 0 Å².